The monoisotopic (exact) mass is 576 g/mol. The van der Waals surface area contributed by atoms with Gasteiger partial charge in [0.1, 0.15) is 5.69 Å². The number of anilines is 2. The minimum absolute atomic E-state index is 0.0411. The van der Waals surface area contributed by atoms with Crippen LogP contribution >= 0.6 is 23.2 Å². The molecule has 2 heterocycles. The summed E-state index contributed by atoms with van der Waals surface area (Å²) < 4.78 is 1.28. The number of nitrogens with one attached hydrogen (secondary N) is 3. The van der Waals surface area contributed by atoms with Crippen LogP contribution in [0.15, 0.2) is 71.8 Å². The first-order chi connectivity index (χ1) is 19.3. The Hall–Kier alpha value is -4.21. The molecule has 3 N–H and O–H groups in total. The second-order valence-corrected chi connectivity index (χ2v) is 10.2. The van der Waals surface area contributed by atoms with E-state index in [1.165, 1.54) is 23.1 Å². The summed E-state index contributed by atoms with van der Waals surface area (Å²) in [5, 5.41) is 13.0. The Bertz CT molecular complexity index is 1610. The van der Waals surface area contributed by atoms with E-state index in [9.17, 15) is 14.4 Å². The van der Waals surface area contributed by atoms with Gasteiger partial charge in [-0.2, -0.15) is 5.10 Å². The van der Waals surface area contributed by atoms with E-state index in [1.807, 2.05) is 48.5 Å². The molecule has 1 aliphatic rings. The van der Waals surface area contributed by atoms with Gasteiger partial charge in [-0.3, -0.25) is 14.6 Å². The van der Waals surface area contributed by atoms with Crippen molar-refractivity contribution in [3.63, 3.8) is 0 Å². The zero-order valence-electron chi connectivity index (χ0n) is 21.6. The van der Waals surface area contributed by atoms with Crippen LogP contribution in [0.4, 0.5) is 16.2 Å². The van der Waals surface area contributed by atoms with Crippen molar-refractivity contribution in [2.75, 3.05) is 10.6 Å². The molecular weight excluding hydrogens is 551 g/mol. The number of benzene rings is 2. The molecule has 0 saturated heterocycles. The molecule has 2 aromatic heterocycles. The molecule has 1 aliphatic carbocycles. The molecular formula is C29H26Cl2N6O3. The van der Waals surface area contributed by atoms with E-state index in [1.54, 1.807) is 6.92 Å². The summed E-state index contributed by atoms with van der Waals surface area (Å²) in [4.78, 5) is 41.6. The second kappa shape index (κ2) is 11.9. The van der Waals surface area contributed by atoms with E-state index in [0.717, 1.165) is 35.1 Å². The van der Waals surface area contributed by atoms with Gasteiger partial charge in [0, 0.05) is 30.5 Å². The van der Waals surface area contributed by atoms with Crippen molar-refractivity contribution in [3.05, 3.63) is 93.0 Å². The van der Waals surface area contributed by atoms with Gasteiger partial charge in [0.15, 0.2) is 0 Å². The van der Waals surface area contributed by atoms with Crippen LogP contribution < -0.4 is 21.5 Å². The predicted octanol–water partition coefficient (Wildman–Crippen LogP) is 5.76. The van der Waals surface area contributed by atoms with Gasteiger partial charge < -0.3 is 16.0 Å². The van der Waals surface area contributed by atoms with Crippen LogP contribution in [0.2, 0.25) is 10.0 Å². The average molecular weight is 577 g/mol. The Morgan fingerprint density at radius 2 is 1.65 bits per heavy atom. The van der Waals surface area contributed by atoms with Crippen molar-refractivity contribution in [2.45, 2.75) is 38.8 Å². The number of urea groups is 1. The lowest BCUT2D eigenvalue weighted by molar-refractivity contribution is -0.120. The van der Waals surface area contributed by atoms with Gasteiger partial charge in [-0.25, -0.2) is 9.48 Å². The molecule has 1 saturated carbocycles. The molecule has 2 aromatic carbocycles. The molecule has 0 bridgehead atoms. The maximum Gasteiger partial charge on any atom is 0.323 e. The Morgan fingerprint density at radius 3 is 2.33 bits per heavy atom. The zero-order chi connectivity index (χ0) is 28.2. The molecule has 1 fully saturated rings. The smallest absolute Gasteiger partial charge is 0.323 e. The van der Waals surface area contributed by atoms with E-state index in [4.69, 9.17) is 23.2 Å². The standard InChI is InChI=1S/C29H26Cl2N6O3/c1-2-37-28(39)25(34-29(40)35-27-22(30)15-32-16-23(27)31)14-24(36-37)20-5-3-4-19(13-20)18-8-6-17(7-9-18)12-26(38)33-21-10-11-21/h3-9,13-16,21H,2,10-12H2,1H3,(H,33,38)(H2,32,34,35,40). The number of hydrogen-bond acceptors (Lipinski definition) is 5. The number of amides is 3. The van der Waals surface area contributed by atoms with Crippen LogP contribution in [0, 0.1) is 0 Å². The van der Waals surface area contributed by atoms with E-state index >= 15 is 0 Å². The van der Waals surface area contributed by atoms with Crippen molar-refractivity contribution >= 4 is 46.5 Å². The number of hydrogen-bond donors (Lipinski definition) is 3. The summed E-state index contributed by atoms with van der Waals surface area (Å²) in [6, 6.07) is 16.8. The average Bonchev–Trinajstić information content (AvgIpc) is 3.76. The van der Waals surface area contributed by atoms with Gasteiger partial charge in [-0.1, -0.05) is 65.7 Å². The van der Waals surface area contributed by atoms with Crippen LogP contribution in [0.25, 0.3) is 22.4 Å². The van der Waals surface area contributed by atoms with Crippen LogP contribution in [0.1, 0.15) is 25.3 Å². The SMILES string of the molecule is CCn1nc(-c2cccc(-c3ccc(CC(=O)NC4CC4)cc3)c2)cc(NC(=O)Nc2c(Cl)cncc2Cl)c1=O. The number of carbonyl (C=O) groups excluding carboxylic acids is 2. The minimum Gasteiger partial charge on any atom is -0.353 e. The third kappa shape index (κ3) is 6.50. The highest BCUT2D eigenvalue weighted by Gasteiger charge is 2.23. The van der Waals surface area contributed by atoms with Crippen LogP contribution in [-0.2, 0) is 17.8 Å². The molecule has 0 unspecified atom stereocenters. The largest absolute Gasteiger partial charge is 0.353 e. The normalized spacial score (nSPS) is 12.6. The zero-order valence-corrected chi connectivity index (χ0v) is 23.1. The Morgan fingerprint density at radius 1 is 0.950 bits per heavy atom. The number of rotatable bonds is 8. The number of carbonyl (C=O) groups is 2. The highest BCUT2D eigenvalue weighted by Crippen LogP contribution is 2.29. The van der Waals surface area contributed by atoms with Crippen molar-refractivity contribution in [1.29, 1.82) is 0 Å². The van der Waals surface area contributed by atoms with Gasteiger partial charge in [0.25, 0.3) is 5.56 Å². The molecule has 40 heavy (non-hydrogen) atoms. The maximum absolute atomic E-state index is 12.9. The fourth-order valence-electron chi connectivity index (χ4n) is 4.15. The predicted molar refractivity (Wildman–Crippen MR) is 157 cm³/mol. The van der Waals surface area contributed by atoms with Crippen molar-refractivity contribution in [2.24, 2.45) is 0 Å². The summed E-state index contributed by atoms with van der Waals surface area (Å²) in [7, 11) is 0. The third-order valence-electron chi connectivity index (χ3n) is 6.37. The van der Waals surface area contributed by atoms with Crippen LogP contribution in [0.5, 0.6) is 0 Å². The molecule has 9 nitrogen and oxygen atoms in total. The van der Waals surface area contributed by atoms with E-state index in [2.05, 4.69) is 26.0 Å². The first kappa shape index (κ1) is 27.4. The van der Waals surface area contributed by atoms with E-state index in [0.29, 0.717) is 24.7 Å². The molecule has 3 amide bonds. The quantitative estimate of drug-likeness (QED) is 0.246. The fourth-order valence-corrected chi connectivity index (χ4v) is 4.61. The van der Waals surface area contributed by atoms with Gasteiger partial charge in [0.2, 0.25) is 5.91 Å². The van der Waals surface area contributed by atoms with Gasteiger partial charge in [-0.05, 0) is 48.6 Å². The first-order valence-corrected chi connectivity index (χ1v) is 13.5. The van der Waals surface area contributed by atoms with Crippen molar-refractivity contribution in [3.8, 4) is 22.4 Å². The first-order valence-electron chi connectivity index (χ1n) is 12.8. The van der Waals surface area contributed by atoms with Crippen LogP contribution in [0.3, 0.4) is 0 Å². The summed E-state index contributed by atoms with van der Waals surface area (Å²) >= 11 is 12.2. The minimum atomic E-state index is -0.688. The van der Waals surface area contributed by atoms with Gasteiger partial charge in [0.05, 0.1) is 27.8 Å². The third-order valence-corrected chi connectivity index (χ3v) is 6.94. The molecule has 5 rings (SSSR count). The molecule has 0 aliphatic heterocycles. The lowest BCUT2D eigenvalue weighted by atomic mass is 9.99. The second-order valence-electron chi connectivity index (χ2n) is 9.42. The maximum atomic E-state index is 12.9. The van der Waals surface area contributed by atoms with Crippen molar-refractivity contribution < 1.29 is 9.59 Å². The Balaban J connectivity index is 1.37. The molecule has 0 radical (unpaired) electrons. The summed E-state index contributed by atoms with van der Waals surface area (Å²) in [6.07, 6.45) is 5.17. The number of aryl methyl sites for hydroxylation is 1. The number of aromatic nitrogens is 3. The van der Waals surface area contributed by atoms with Crippen molar-refractivity contribution in [1.82, 2.24) is 20.1 Å². The van der Waals surface area contributed by atoms with E-state index < -0.39 is 11.6 Å². The van der Waals surface area contributed by atoms with E-state index in [-0.39, 0.29) is 27.3 Å². The Labute approximate surface area is 240 Å². The molecule has 0 spiro atoms. The summed E-state index contributed by atoms with van der Waals surface area (Å²) in [5.41, 5.74) is 3.90. The highest BCUT2D eigenvalue weighted by molar-refractivity contribution is 6.39. The fraction of sp³-hybridized carbons (Fsp3) is 0.207. The number of halogens is 2. The van der Waals surface area contributed by atoms with Gasteiger partial charge in [-0.15, -0.1) is 0 Å². The summed E-state index contributed by atoms with van der Waals surface area (Å²) in [6.45, 7) is 2.10. The molecule has 0 atom stereocenters. The van der Waals surface area contributed by atoms with Crippen LogP contribution in [-0.4, -0.2) is 32.7 Å². The number of pyridine rings is 1. The lowest BCUT2D eigenvalue weighted by Crippen LogP contribution is -2.29. The van der Waals surface area contributed by atoms with Gasteiger partial charge >= 0.3 is 6.03 Å². The Kier molecular flexibility index (Phi) is 8.14. The highest BCUT2D eigenvalue weighted by atomic mass is 35.5. The lowest BCUT2D eigenvalue weighted by Gasteiger charge is -2.13. The summed E-state index contributed by atoms with van der Waals surface area (Å²) in [5.74, 6) is 0.0411. The molecule has 204 valence electrons. The number of nitrogens with zero attached hydrogens (tertiary/aromatic N) is 3. The molecule has 4 aromatic rings. The topological polar surface area (TPSA) is 118 Å². The molecule has 11 heteroatoms.